The third-order valence-electron chi connectivity index (χ3n) is 7.42. The number of hydrogen-bond donors (Lipinski definition) is 2. The number of aliphatic hydroxyl groups is 1. The molecule has 2 aliphatic heterocycles. The Hall–Kier alpha value is -3.60. The molecular weight excluding hydrogens is 508 g/mol. The van der Waals surface area contributed by atoms with Crippen molar-refractivity contribution in [3.8, 4) is 11.5 Å². The molecule has 0 unspecified atom stereocenters. The summed E-state index contributed by atoms with van der Waals surface area (Å²) >= 11 is 1.79. The van der Waals surface area contributed by atoms with Gasteiger partial charge in [0.25, 0.3) is 0 Å². The molecule has 2 fully saturated rings. The van der Waals surface area contributed by atoms with Crippen LogP contribution in [0.2, 0.25) is 0 Å². The number of nitrogens with zero attached hydrogens (tertiary/aromatic N) is 1. The lowest BCUT2D eigenvalue weighted by atomic mass is 9.90. The van der Waals surface area contributed by atoms with Gasteiger partial charge in [-0.05, 0) is 80.1 Å². The van der Waals surface area contributed by atoms with Gasteiger partial charge >= 0.3 is 17.9 Å². The van der Waals surface area contributed by atoms with E-state index in [1.54, 1.807) is 42.8 Å². The number of piperidine rings is 1. The number of likely N-dealkylation sites (tertiary alicyclic amines) is 1. The Kier molecular flexibility index (Phi) is 6.25. The zero-order valence-corrected chi connectivity index (χ0v) is 21.8. The highest BCUT2D eigenvalue weighted by Gasteiger charge is 2.58. The number of rotatable bonds is 7. The van der Waals surface area contributed by atoms with Crippen LogP contribution >= 0.6 is 11.3 Å². The van der Waals surface area contributed by atoms with Crippen LogP contribution in [0, 0.1) is 0 Å². The minimum atomic E-state index is -2.26. The van der Waals surface area contributed by atoms with Crippen LogP contribution in [0.4, 0.5) is 0 Å². The second-order valence-electron chi connectivity index (χ2n) is 9.81. The van der Waals surface area contributed by atoms with E-state index in [2.05, 4.69) is 35.0 Å². The molecule has 6 rings (SSSR count). The number of carbonyl (C=O) groups is 2. The molecule has 10 heteroatoms. The topological polar surface area (TPSA) is 110 Å². The number of esters is 2. The Morgan fingerprint density at radius 2 is 2.00 bits per heavy atom. The van der Waals surface area contributed by atoms with Crippen LogP contribution in [0.25, 0.3) is 21.0 Å². The molecule has 0 bridgehead atoms. The maximum atomic E-state index is 12.1. The van der Waals surface area contributed by atoms with Crippen molar-refractivity contribution in [2.45, 2.75) is 43.8 Å². The van der Waals surface area contributed by atoms with E-state index < -0.39 is 24.0 Å². The maximum absolute atomic E-state index is 12.1. The monoisotopic (exact) mass is 536 g/mol. The minimum absolute atomic E-state index is 0.0984. The van der Waals surface area contributed by atoms with Crippen molar-refractivity contribution in [1.82, 2.24) is 9.88 Å². The lowest BCUT2D eigenvalue weighted by Crippen LogP contribution is -2.56. The molecule has 0 radical (unpaired) electrons. The highest BCUT2D eigenvalue weighted by atomic mass is 32.1. The fourth-order valence-electron chi connectivity index (χ4n) is 5.35. The van der Waals surface area contributed by atoms with E-state index >= 15 is 0 Å². The van der Waals surface area contributed by atoms with Gasteiger partial charge in [0.1, 0.15) is 11.5 Å². The van der Waals surface area contributed by atoms with Gasteiger partial charge < -0.3 is 29.0 Å². The number of methoxy groups -OCH3 is 1. The summed E-state index contributed by atoms with van der Waals surface area (Å²) in [4.78, 5) is 30.6. The molecule has 3 atom stereocenters. The lowest BCUT2D eigenvalue weighted by molar-refractivity contribution is -0.319. The van der Waals surface area contributed by atoms with E-state index in [4.69, 9.17) is 18.9 Å². The van der Waals surface area contributed by atoms with Gasteiger partial charge in [-0.1, -0.05) is 6.07 Å². The Bertz CT molecular complexity index is 1500. The Morgan fingerprint density at radius 3 is 2.76 bits per heavy atom. The fourth-order valence-corrected chi connectivity index (χ4v) is 6.59. The predicted molar refractivity (Wildman–Crippen MR) is 141 cm³/mol. The van der Waals surface area contributed by atoms with Crippen LogP contribution in [-0.2, 0) is 19.1 Å². The van der Waals surface area contributed by atoms with Gasteiger partial charge in [0.2, 0.25) is 0 Å². The van der Waals surface area contributed by atoms with Crippen LogP contribution in [-0.4, -0.2) is 65.2 Å². The van der Waals surface area contributed by atoms with E-state index in [0.717, 1.165) is 24.1 Å². The van der Waals surface area contributed by atoms with Gasteiger partial charge in [-0.3, -0.25) is 4.90 Å². The van der Waals surface area contributed by atoms with Crippen LogP contribution in [0.5, 0.6) is 11.5 Å². The molecule has 2 aromatic carbocycles. The second-order valence-corrected chi connectivity index (χ2v) is 10.9. The van der Waals surface area contributed by atoms with Gasteiger partial charge in [0.15, 0.2) is 6.10 Å². The van der Waals surface area contributed by atoms with E-state index in [-0.39, 0.29) is 12.6 Å². The number of β-amino-alcohol motifs (C(OH)–C–C–N with tert-alkyl or cyclic N) is 1. The number of aromatic nitrogens is 1. The first-order chi connectivity index (χ1) is 18.3. The summed E-state index contributed by atoms with van der Waals surface area (Å²) in [5.41, 5.74) is 0.790. The van der Waals surface area contributed by atoms with Crippen molar-refractivity contribution in [2.75, 3.05) is 20.2 Å². The first-order valence-corrected chi connectivity index (χ1v) is 13.4. The molecule has 0 aliphatic carbocycles. The molecule has 0 amide bonds. The first kappa shape index (κ1) is 24.7. The summed E-state index contributed by atoms with van der Waals surface area (Å²) in [6, 6.07) is 15.6. The van der Waals surface area contributed by atoms with Gasteiger partial charge in [0, 0.05) is 39.3 Å². The molecule has 0 saturated carbocycles. The maximum Gasteiger partial charge on any atom is 0.451 e. The standard InChI is InChI=1S/C28H28N2O7S/c1-16-12-18(23-13-17-6-7-19(34-2)14-24(17)38-23)9-11-30(16)15-25(31)28(36-26(32)27(33)37-28)35-22-5-3-4-21-20(22)8-10-29-21/h3-8,10,13-14,16,18,25,29,31H,9,11-12,15H2,1-2H3/t16-,18-,25+/m1/s1. The molecule has 9 nitrogen and oxygen atoms in total. The first-order valence-electron chi connectivity index (χ1n) is 12.6. The number of ether oxygens (including phenoxy) is 4. The zero-order chi connectivity index (χ0) is 26.4. The zero-order valence-electron chi connectivity index (χ0n) is 21.0. The predicted octanol–water partition coefficient (Wildman–Crippen LogP) is 4.15. The summed E-state index contributed by atoms with van der Waals surface area (Å²) in [6.07, 6.45) is 2.11. The minimum Gasteiger partial charge on any atom is -0.497 e. The van der Waals surface area contributed by atoms with Crippen molar-refractivity contribution in [3.63, 3.8) is 0 Å². The van der Waals surface area contributed by atoms with Crippen LogP contribution in [0.3, 0.4) is 0 Å². The molecule has 2 saturated heterocycles. The van der Waals surface area contributed by atoms with Gasteiger partial charge in [-0.15, -0.1) is 11.3 Å². The van der Waals surface area contributed by atoms with E-state index in [0.29, 0.717) is 23.6 Å². The molecule has 4 heterocycles. The van der Waals surface area contributed by atoms with E-state index in [1.807, 2.05) is 12.1 Å². The highest BCUT2D eigenvalue weighted by molar-refractivity contribution is 7.19. The van der Waals surface area contributed by atoms with Gasteiger partial charge in [0.05, 0.1) is 7.11 Å². The number of hydrogen-bond acceptors (Lipinski definition) is 9. The summed E-state index contributed by atoms with van der Waals surface area (Å²) in [7, 11) is 1.67. The molecule has 4 aromatic rings. The summed E-state index contributed by atoms with van der Waals surface area (Å²) in [5.74, 6) is -3.10. The number of benzene rings is 2. The van der Waals surface area contributed by atoms with Gasteiger partial charge in [-0.25, -0.2) is 9.59 Å². The normalized spacial score (nSPS) is 22.4. The number of thiophene rings is 1. The van der Waals surface area contributed by atoms with Crippen LogP contribution in [0.1, 0.15) is 30.6 Å². The van der Waals surface area contributed by atoms with Crippen LogP contribution in [0.15, 0.2) is 54.7 Å². The van der Waals surface area contributed by atoms with Crippen molar-refractivity contribution in [1.29, 1.82) is 0 Å². The van der Waals surface area contributed by atoms with Crippen molar-refractivity contribution in [3.05, 3.63) is 59.6 Å². The van der Waals surface area contributed by atoms with Crippen molar-refractivity contribution < 1.29 is 33.6 Å². The fraction of sp³-hybridized carbons (Fsp3) is 0.357. The average Bonchev–Trinajstić information content (AvgIpc) is 3.63. The molecule has 38 heavy (non-hydrogen) atoms. The average molecular weight is 537 g/mol. The van der Waals surface area contributed by atoms with E-state index in [1.165, 1.54) is 15.0 Å². The molecule has 0 spiro atoms. The number of H-pyrrole nitrogens is 1. The number of aromatic amines is 1. The SMILES string of the molecule is COc1ccc2cc([C@@H]3CCN(C[C@H](O)C4(Oc5cccc6[nH]ccc56)OC(=O)C(=O)O4)[C@H](C)C3)sc2c1. The van der Waals surface area contributed by atoms with Crippen molar-refractivity contribution >= 4 is 44.3 Å². The Labute approximate surface area is 222 Å². The smallest absolute Gasteiger partial charge is 0.451 e. The number of carbonyl (C=O) groups excluding carboxylic acids is 2. The molecule has 2 N–H and O–H groups in total. The largest absolute Gasteiger partial charge is 0.497 e. The molecule has 198 valence electrons. The molecule has 2 aliphatic rings. The third kappa shape index (κ3) is 4.38. The quantitative estimate of drug-likeness (QED) is 0.268. The molecular formula is C28H28N2O7S. The number of fused-ring (bicyclic) bond motifs is 2. The number of aliphatic hydroxyl groups excluding tert-OH is 1. The summed E-state index contributed by atoms with van der Waals surface area (Å²) in [5, 5.41) is 13.2. The lowest BCUT2D eigenvalue weighted by Gasteiger charge is -2.40. The van der Waals surface area contributed by atoms with E-state index in [9.17, 15) is 14.7 Å². The van der Waals surface area contributed by atoms with Crippen LogP contribution < -0.4 is 9.47 Å². The second kappa shape index (κ2) is 9.61. The number of cyclic esters (lactones) is 2. The van der Waals surface area contributed by atoms with Crippen molar-refractivity contribution in [2.24, 2.45) is 0 Å². The Morgan fingerprint density at radius 1 is 1.18 bits per heavy atom. The number of nitrogens with one attached hydrogen (secondary N) is 1. The van der Waals surface area contributed by atoms with Gasteiger partial charge in [-0.2, -0.15) is 0 Å². The highest BCUT2D eigenvalue weighted by Crippen LogP contribution is 2.40. The summed E-state index contributed by atoms with van der Waals surface area (Å²) < 4.78 is 23.0. The molecule has 2 aromatic heterocycles. The third-order valence-corrected chi connectivity index (χ3v) is 8.68. The Balaban J connectivity index is 1.18. The summed E-state index contributed by atoms with van der Waals surface area (Å²) in [6.45, 7) is 2.92.